The molecule has 3 N–H and O–H groups in total. The van der Waals surface area contributed by atoms with Gasteiger partial charge in [-0.1, -0.05) is 0 Å². The van der Waals surface area contributed by atoms with Crippen LogP contribution in [0.1, 0.15) is 19.3 Å². The highest BCUT2D eigenvalue weighted by molar-refractivity contribution is 7.91. The summed E-state index contributed by atoms with van der Waals surface area (Å²) in [5, 5.41) is 0. The maximum atomic E-state index is 11.4. The summed E-state index contributed by atoms with van der Waals surface area (Å²) in [6, 6.07) is -0.155. The van der Waals surface area contributed by atoms with Gasteiger partial charge in [-0.3, -0.25) is 5.84 Å². The van der Waals surface area contributed by atoms with Crippen molar-refractivity contribution < 1.29 is 13.2 Å². The van der Waals surface area contributed by atoms with E-state index in [9.17, 15) is 8.42 Å². The van der Waals surface area contributed by atoms with E-state index in [1.807, 2.05) is 6.08 Å². The van der Waals surface area contributed by atoms with E-state index in [4.69, 9.17) is 10.6 Å². The minimum Gasteiger partial charge on any atom is -0.497 e. The zero-order valence-corrected chi connectivity index (χ0v) is 10.0. The Labute approximate surface area is 95.9 Å². The Kier molecular flexibility index (Phi) is 3.51. The Morgan fingerprint density at radius 3 is 2.88 bits per heavy atom. The van der Waals surface area contributed by atoms with E-state index in [1.54, 1.807) is 0 Å². The molecule has 2 rings (SSSR count). The van der Waals surface area contributed by atoms with Gasteiger partial charge in [-0.15, -0.1) is 0 Å². The monoisotopic (exact) mass is 246 g/mol. The van der Waals surface area contributed by atoms with Gasteiger partial charge in [-0.2, -0.15) is 0 Å². The van der Waals surface area contributed by atoms with Crippen LogP contribution in [-0.4, -0.2) is 32.6 Å². The van der Waals surface area contributed by atoms with Gasteiger partial charge in [0.15, 0.2) is 9.84 Å². The molecule has 0 bridgehead atoms. The van der Waals surface area contributed by atoms with Gasteiger partial charge in [0.05, 0.1) is 24.2 Å². The van der Waals surface area contributed by atoms with Gasteiger partial charge in [0.1, 0.15) is 5.76 Å². The minimum atomic E-state index is -2.87. The Bertz CT molecular complexity index is 378. The van der Waals surface area contributed by atoms with Crippen molar-refractivity contribution in [2.75, 3.05) is 18.1 Å². The lowest BCUT2D eigenvalue weighted by Gasteiger charge is -2.26. The maximum Gasteiger partial charge on any atom is 0.150 e. The third-order valence-electron chi connectivity index (χ3n) is 3.19. The quantitative estimate of drug-likeness (QED) is 0.539. The molecule has 0 amide bonds. The summed E-state index contributed by atoms with van der Waals surface area (Å²) in [7, 11) is -2.87. The van der Waals surface area contributed by atoms with Crippen LogP contribution in [0.4, 0.5) is 0 Å². The van der Waals surface area contributed by atoms with Crippen molar-refractivity contribution >= 4 is 9.84 Å². The van der Waals surface area contributed by atoms with Gasteiger partial charge < -0.3 is 4.74 Å². The van der Waals surface area contributed by atoms with Crippen molar-refractivity contribution in [3.05, 3.63) is 11.8 Å². The van der Waals surface area contributed by atoms with E-state index < -0.39 is 9.84 Å². The summed E-state index contributed by atoms with van der Waals surface area (Å²) in [5.41, 5.74) is 2.69. The fraction of sp³-hybridized carbons (Fsp3) is 0.800. The summed E-state index contributed by atoms with van der Waals surface area (Å²) in [6.07, 6.45) is 4.67. The number of ether oxygens (including phenoxy) is 1. The Hall–Kier alpha value is -0.590. The number of nitrogens with two attached hydrogens (primary N) is 1. The van der Waals surface area contributed by atoms with Gasteiger partial charge in [-0.05, 0) is 31.3 Å². The second-order valence-electron chi connectivity index (χ2n) is 4.40. The van der Waals surface area contributed by atoms with E-state index in [0.717, 1.165) is 18.6 Å². The van der Waals surface area contributed by atoms with Crippen molar-refractivity contribution in [3.63, 3.8) is 0 Å². The fourth-order valence-corrected chi connectivity index (χ4v) is 4.17. The molecule has 2 unspecified atom stereocenters. The number of nitrogens with one attached hydrogen (secondary N) is 1. The van der Waals surface area contributed by atoms with Crippen molar-refractivity contribution in [1.82, 2.24) is 5.43 Å². The lowest BCUT2D eigenvalue weighted by molar-refractivity contribution is 0.154. The molecule has 0 aromatic carbocycles. The molecular weight excluding hydrogens is 228 g/mol. The van der Waals surface area contributed by atoms with Crippen LogP contribution in [0.25, 0.3) is 0 Å². The predicted molar refractivity (Wildman–Crippen MR) is 61.1 cm³/mol. The number of sulfone groups is 1. The molecule has 2 heterocycles. The first-order valence-corrected chi connectivity index (χ1v) is 7.44. The first kappa shape index (κ1) is 11.9. The molecular formula is C10H18N2O3S. The summed E-state index contributed by atoms with van der Waals surface area (Å²) in [5.74, 6) is 6.84. The molecule has 0 aromatic heterocycles. The largest absolute Gasteiger partial charge is 0.497 e. The molecule has 0 spiro atoms. The van der Waals surface area contributed by atoms with E-state index in [0.29, 0.717) is 13.0 Å². The number of hydrogen-bond acceptors (Lipinski definition) is 5. The second-order valence-corrected chi connectivity index (χ2v) is 6.63. The number of hydrazine groups is 1. The van der Waals surface area contributed by atoms with Gasteiger partial charge in [0.2, 0.25) is 0 Å². The number of hydrogen-bond donors (Lipinski definition) is 2. The Morgan fingerprint density at radius 1 is 1.56 bits per heavy atom. The Morgan fingerprint density at radius 2 is 2.38 bits per heavy atom. The molecule has 5 nitrogen and oxygen atoms in total. The molecule has 1 fully saturated rings. The molecule has 0 aliphatic carbocycles. The summed E-state index contributed by atoms with van der Waals surface area (Å²) in [4.78, 5) is 0. The molecule has 92 valence electrons. The number of allylic oxidation sites excluding steroid dienone is 1. The fourth-order valence-electron chi connectivity index (χ4n) is 2.33. The average Bonchev–Trinajstić information content (AvgIpc) is 2.62. The zero-order chi connectivity index (χ0) is 11.6. The van der Waals surface area contributed by atoms with Crippen LogP contribution in [0, 0.1) is 5.92 Å². The average molecular weight is 246 g/mol. The zero-order valence-electron chi connectivity index (χ0n) is 9.19. The van der Waals surface area contributed by atoms with Crippen molar-refractivity contribution in [2.45, 2.75) is 25.3 Å². The first-order valence-electron chi connectivity index (χ1n) is 5.62. The first-order chi connectivity index (χ1) is 7.62. The molecule has 1 saturated heterocycles. The van der Waals surface area contributed by atoms with Crippen LogP contribution in [0.5, 0.6) is 0 Å². The summed E-state index contributed by atoms with van der Waals surface area (Å²) >= 11 is 0. The third-order valence-corrected chi connectivity index (χ3v) is 4.98. The maximum absolute atomic E-state index is 11.4. The lowest BCUT2D eigenvalue weighted by Crippen LogP contribution is -2.44. The van der Waals surface area contributed by atoms with E-state index in [1.165, 1.54) is 0 Å². The van der Waals surface area contributed by atoms with E-state index >= 15 is 0 Å². The molecule has 2 aliphatic rings. The van der Waals surface area contributed by atoms with Crippen LogP contribution in [-0.2, 0) is 14.6 Å². The smallest absolute Gasteiger partial charge is 0.150 e. The predicted octanol–water partition coefficient (Wildman–Crippen LogP) is -0.0527. The molecule has 0 aromatic rings. The lowest BCUT2D eigenvalue weighted by atomic mass is 9.96. The van der Waals surface area contributed by atoms with Crippen LogP contribution in [0.2, 0.25) is 0 Å². The van der Waals surface area contributed by atoms with Crippen LogP contribution in [0.3, 0.4) is 0 Å². The van der Waals surface area contributed by atoms with Crippen molar-refractivity contribution in [2.24, 2.45) is 11.8 Å². The van der Waals surface area contributed by atoms with Crippen molar-refractivity contribution in [1.29, 1.82) is 0 Å². The van der Waals surface area contributed by atoms with Crippen LogP contribution in [0.15, 0.2) is 11.8 Å². The van der Waals surface area contributed by atoms with Gasteiger partial charge in [-0.25, -0.2) is 13.8 Å². The molecule has 2 atom stereocenters. The SMILES string of the molecule is NNC(C1=CCCCO1)C1CCS(=O)(=O)C1. The minimum absolute atomic E-state index is 0.0411. The molecule has 0 radical (unpaired) electrons. The highest BCUT2D eigenvalue weighted by atomic mass is 32.2. The van der Waals surface area contributed by atoms with Crippen molar-refractivity contribution in [3.8, 4) is 0 Å². The van der Waals surface area contributed by atoms with Crippen LogP contribution < -0.4 is 11.3 Å². The van der Waals surface area contributed by atoms with Gasteiger partial charge in [0, 0.05) is 0 Å². The normalized spacial score (nSPS) is 30.6. The number of rotatable bonds is 3. The summed E-state index contributed by atoms with van der Waals surface area (Å²) < 4.78 is 28.4. The van der Waals surface area contributed by atoms with Gasteiger partial charge in [0.25, 0.3) is 0 Å². The van der Waals surface area contributed by atoms with Crippen LogP contribution >= 0.6 is 0 Å². The highest BCUT2D eigenvalue weighted by Crippen LogP contribution is 2.27. The molecule has 0 saturated carbocycles. The van der Waals surface area contributed by atoms with E-state index in [2.05, 4.69) is 5.43 Å². The standard InChI is InChI=1S/C10H18N2O3S/c11-12-10(9-3-1-2-5-15-9)8-4-6-16(13,14)7-8/h3,8,10,12H,1-2,4-7,11H2. The second kappa shape index (κ2) is 4.73. The van der Waals surface area contributed by atoms with Gasteiger partial charge >= 0.3 is 0 Å². The molecule has 16 heavy (non-hydrogen) atoms. The molecule has 6 heteroatoms. The Balaban J connectivity index is 2.08. The van der Waals surface area contributed by atoms with E-state index in [-0.39, 0.29) is 23.5 Å². The topological polar surface area (TPSA) is 81.4 Å². The molecule has 2 aliphatic heterocycles. The summed E-state index contributed by atoms with van der Waals surface area (Å²) in [6.45, 7) is 0.698. The highest BCUT2D eigenvalue weighted by Gasteiger charge is 2.35. The third kappa shape index (κ3) is 2.56.